The molecule has 1 aliphatic rings. The van der Waals surface area contributed by atoms with Crippen molar-refractivity contribution in [3.05, 3.63) is 30.7 Å². The van der Waals surface area contributed by atoms with Crippen LogP contribution in [0, 0.1) is 0 Å². The monoisotopic (exact) mass is 399 g/mol. The van der Waals surface area contributed by atoms with E-state index in [1.165, 1.54) is 24.5 Å². The van der Waals surface area contributed by atoms with Gasteiger partial charge < -0.3 is 10.7 Å². The zero-order valence-electron chi connectivity index (χ0n) is 16.2. The van der Waals surface area contributed by atoms with Crippen LogP contribution in [0.5, 0.6) is 5.75 Å². The van der Waals surface area contributed by atoms with Crippen molar-refractivity contribution >= 4 is 10.1 Å². The Morgan fingerprint density at radius 1 is 1.30 bits per heavy atom. The molecule has 0 radical (unpaired) electrons. The minimum atomic E-state index is -4.32. The van der Waals surface area contributed by atoms with Gasteiger partial charge in [0.15, 0.2) is 5.82 Å². The van der Waals surface area contributed by atoms with Crippen molar-refractivity contribution in [3.8, 4) is 28.7 Å². The van der Waals surface area contributed by atoms with E-state index >= 15 is 0 Å². The molecular weight excluding hydrogens is 381 g/mol. The van der Waals surface area contributed by atoms with E-state index in [9.17, 15) is 13.0 Å². The maximum atomic E-state index is 11.5. The molecule has 0 bridgehead atoms. The summed E-state index contributed by atoms with van der Waals surface area (Å²) in [6.07, 6.45) is 3.32. The van der Waals surface area contributed by atoms with Crippen molar-refractivity contribution in [1.82, 2.24) is 24.3 Å². The fraction of sp³-hybridized carbons (Fsp3) is 0.312. The van der Waals surface area contributed by atoms with Gasteiger partial charge in [-0.25, -0.2) is 14.6 Å². The van der Waals surface area contributed by atoms with Crippen molar-refractivity contribution in [1.29, 1.82) is 0 Å². The third kappa shape index (κ3) is 3.67. The van der Waals surface area contributed by atoms with Crippen LogP contribution in [0.4, 0.5) is 0 Å². The predicted octanol–water partition coefficient (Wildman–Crippen LogP) is -0.855. The fourth-order valence-electron chi connectivity index (χ4n) is 2.94. The molecule has 0 spiro atoms. The van der Waals surface area contributed by atoms with Crippen LogP contribution in [-0.2, 0) is 16.7 Å². The Bertz CT molecular complexity index is 1100. The number of nitrogens with zero attached hydrogens (tertiary/aromatic N) is 5. The number of fused-ring (bicyclic) bond motifs is 3. The first kappa shape index (κ1) is 20.0. The van der Waals surface area contributed by atoms with E-state index in [2.05, 4.69) is 15.1 Å². The van der Waals surface area contributed by atoms with Crippen LogP contribution in [0.3, 0.4) is 0 Å². The summed E-state index contributed by atoms with van der Waals surface area (Å²) in [6, 6.07) is 4.32. The molecule has 2 aromatic heterocycles. The molecule has 0 unspecified atom stereocenters. The van der Waals surface area contributed by atoms with Gasteiger partial charge in [-0.1, -0.05) is 0 Å². The first-order valence-corrected chi connectivity index (χ1v) is 9.50. The van der Waals surface area contributed by atoms with Gasteiger partial charge in [-0.05, 0) is 32.0 Å². The molecule has 138 valence electrons. The summed E-state index contributed by atoms with van der Waals surface area (Å²) >= 11 is 0. The molecule has 4 rings (SSSR count). The Balaban J connectivity index is 0.00000140. The summed E-state index contributed by atoms with van der Waals surface area (Å²) in [5, 5.41) is 4.23. The predicted molar refractivity (Wildman–Crippen MR) is 93.5 cm³/mol. The molecule has 3 aromatic rings. The average molecular weight is 399 g/mol. The van der Waals surface area contributed by atoms with Gasteiger partial charge in [-0.15, -0.1) is 0 Å². The van der Waals surface area contributed by atoms with E-state index in [-0.39, 0.29) is 41.9 Å². The molecule has 0 saturated heterocycles. The summed E-state index contributed by atoms with van der Waals surface area (Å²) in [5.74, 6) is 1.70. The SMILES string of the molecule is CC(C)n1ncnc1-c1cn2c(n1)-c1cc(S(=O)(=O)O)ccc1OCC2.[H-].[Na+]. The second-order valence-electron chi connectivity index (χ2n) is 6.25. The molecule has 0 aliphatic carbocycles. The van der Waals surface area contributed by atoms with Gasteiger partial charge in [-0.3, -0.25) is 4.55 Å². The van der Waals surface area contributed by atoms with Crippen LogP contribution in [0.1, 0.15) is 21.3 Å². The molecule has 1 N–H and O–H groups in total. The summed E-state index contributed by atoms with van der Waals surface area (Å²) < 4.78 is 41.7. The summed E-state index contributed by atoms with van der Waals surface area (Å²) in [4.78, 5) is 8.73. The third-order valence-corrected chi connectivity index (χ3v) is 5.00. The first-order chi connectivity index (χ1) is 12.3. The van der Waals surface area contributed by atoms with Crippen molar-refractivity contribution in [2.75, 3.05) is 6.61 Å². The van der Waals surface area contributed by atoms with Gasteiger partial charge in [-0.2, -0.15) is 13.5 Å². The van der Waals surface area contributed by atoms with Crippen LogP contribution in [0.25, 0.3) is 22.9 Å². The molecule has 0 fully saturated rings. The Kier molecular flexibility index (Phi) is 5.46. The second-order valence-corrected chi connectivity index (χ2v) is 7.67. The Morgan fingerprint density at radius 2 is 2.07 bits per heavy atom. The van der Waals surface area contributed by atoms with Gasteiger partial charge in [0.05, 0.1) is 17.0 Å². The maximum Gasteiger partial charge on any atom is 1.00 e. The van der Waals surface area contributed by atoms with E-state index < -0.39 is 10.1 Å². The van der Waals surface area contributed by atoms with Crippen LogP contribution in [-0.4, -0.2) is 43.9 Å². The molecular formula is C16H18N5NaO4S. The van der Waals surface area contributed by atoms with E-state index in [0.717, 1.165) is 0 Å². The second kappa shape index (κ2) is 7.36. The molecule has 11 heteroatoms. The Hall–Kier alpha value is -1.72. The number of rotatable bonds is 3. The van der Waals surface area contributed by atoms with Crippen molar-refractivity contribution in [2.24, 2.45) is 0 Å². The van der Waals surface area contributed by atoms with Crippen molar-refractivity contribution in [2.45, 2.75) is 31.3 Å². The smallest absolute Gasteiger partial charge is 1.00 e. The molecule has 0 atom stereocenters. The van der Waals surface area contributed by atoms with Crippen molar-refractivity contribution in [3.63, 3.8) is 0 Å². The van der Waals surface area contributed by atoms with Gasteiger partial charge in [0.25, 0.3) is 10.1 Å². The molecule has 1 aliphatic heterocycles. The molecule has 9 nitrogen and oxygen atoms in total. The van der Waals surface area contributed by atoms with E-state index in [0.29, 0.717) is 41.8 Å². The van der Waals surface area contributed by atoms with Crippen LogP contribution in [0.2, 0.25) is 0 Å². The normalized spacial score (nSPS) is 13.3. The maximum absolute atomic E-state index is 11.5. The van der Waals surface area contributed by atoms with Gasteiger partial charge in [0.2, 0.25) is 0 Å². The molecule has 0 saturated carbocycles. The molecule has 0 amide bonds. The molecule has 1 aromatic carbocycles. The topological polar surface area (TPSA) is 112 Å². The molecule has 27 heavy (non-hydrogen) atoms. The fourth-order valence-corrected chi connectivity index (χ4v) is 3.45. The number of ether oxygens (including phenoxy) is 1. The van der Waals surface area contributed by atoms with Crippen LogP contribution < -0.4 is 34.3 Å². The zero-order valence-corrected chi connectivity index (χ0v) is 18.0. The zero-order chi connectivity index (χ0) is 18.5. The van der Waals surface area contributed by atoms with Gasteiger partial charge >= 0.3 is 29.6 Å². The quantitative estimate of drug-likeness (QED) is 0.451. The average Bonchev–Trinajstić information content (AvgIpc) is 3.18. The number of imidazole rings is 1. The number of aromatic nitrogens is 5. The minimum Gasteiger partial charge on any atom is -1.00 e. The standard InChI is InChI=1S/C16H17N5O4S.Na.H/c1-10(2)21-16(17-9-18-21)13-8-20-5-6-25-14-4-3-11(26(22,23)24)7-12(14)15(20)19-13;;/h3-4,7-10H,5-6H2,1-2H3,(H,22,23,24);;/q;+1;-1. The van der Waals surface area contributed by atoms with E-state index in [4.69, 9.17) is 4.74 Å². The first-order valence-electron chi connectivity index (χ1n) is 8.06. The summed E-state index contributed by atoms with van der Waals surface area (Å²) in [6.45, 7) is 4.97. The van der Waals surface area contributed by atoms with Gasteiger partial charge in [0.1, 0.15) is 30.2 Å². The number of hydrogen-bond acceptors (Lipinski definition) is 6. The van der Waals surface area contributed by atoms with E-state index in [1.807, 2.05) is 24.6 Å². The third-order valence-electron chi connectivity index (χ3n) is 4.15. The van der Waals surface area contributed by atoms with Crippen LogP contribution >= 0.6 is 0 Å². The number of hydrogen-bond donors (Lipinski definition) is 1. The van der Waals surface area contributed by atoms with Gasteiger partial charge in [0, 0.05) is 12.2 Å². The van der Waals surface area contributed by atoms with Crippen molar-refractivity contribution < 1.29 is 48.7 Å². The number of benzene rings is 1. The largest absolute Gasteiger partial charge is 1.00 e. The van der Waals surface area contributed by atoms with Crippen LogP contribution in [0.15, 0.2) is 35.6 Å². The minimum absolute atomic E-state index is 0. The summed E-state index contributed by atoms with van der Waals surface area (Å²) in [7, 11) is -4.32. The summed E-state index contributed by atoms with van der Waals surface area (Å²) in [5.41, 5.74) is 1.13. The Morgan fingerprint density at radius 3 is 2.78 bits per heavy atom. The Labute approximate surface area is 179 Å². The molecule has 3 heterocycles. The van der Waals surface area contributed by atoms with E-state index in [1.54, 1.807) is 4.68 Å².